The van der Waals surface area contributed by atoms with E-state index in [-0.39, 0.29) is 0 Å². The van der Waals surface area contributed by atoms with E-state index < -0.39 is 0 Å². The summed E-state index contributed by atoms with van der Waals surface area (Å²) >= 11 is 0. The SMILES string of the molecule is CCC(C)c1ccc(N(C)C(=N)N(C)c2ccc3c4c(cccc24)CC3)cc1. The Labute approximate surface area is 168 Å². The molecule has 0 aliphatic heterocycles. The zero-order valence-electron chi connectivity index (χ0n) is 17.3. The first-order valence-corrected chi connectivity index (χ1v) is 10.2. The minimum Gasteiger partial charge on any atom is -0.316 e. The van der Waals surface area contributed by atoms with E-state index in [1.165, 1.54) is 27.5 Å². The third-order valence-corrected chi connectivity index (χ3v) is 6.31. The maximum atomic E-state index is 8.80. The van der Waals surface area contributed by atoms with Crippen LogP contribution in [0.5, 0.6) is 0 Å². The Morgan fingerprint density at radius 1 is 0.929 bits per heavy atom. The lowest BCUT2D eigenvalue weighted by atomic mass is 9.98. The van der Waals surface area contributed by atoms with E-state index in [1.54, 1.807) is 0 Å². The number of hydrogen-bond acceptors (Lipinski definition) is 1. The molecule has 1 aliphatic carbocycles. The third-order valence-electron chi connectivity index (χ3n) is 6.31. The number of guanidine groups is 1. The van der Waals surface area contributed by atoms with Crippen molar-refractivity contribution >= 4 is 28.1 Å². The number of nitrogens with one attached hydrogen (secondary N) is 1. The van der Waals surface area contributed by atoms with Gasteiger partial charge in [0.05, 0.1) is 5.69 Å². The van der Waals surface area contributed by atoms with Crippen LogP contribution in [0.25, 0.3) is 10.8 Å². The molecule has 28 heavy (non-hydrogen) atoms. The van der Waals surface area contributed by atoms with Gasteiger partial charge in [0.1, 0.15) is 0 Å². The Morgan fingerprint density at radius 2 is 1.61 bits per heavy atom. The van der Waals surface area contributed by atoms with Crippen LogP contribution in [-0.2, 0) is 12.8 Å². The number of hydrogen-bond donors (Lipinski definition) is 1. The molecule has 0 heterocycles. The Balaban J connectivity index is 1.63. The van der Waals surface area contributed by atoms with Gasteiger partial charge in [0, 0.05) is 25.2 Å². The highest BCUT2D eigenvalue weighted by Gasteiger charge is 2.20. The largest absolute Gasteiger partial charge is 0.316 e. The van der Waals surface area contributed by atoms with E-state index in [1.807, 2.05) is 23.9 Å². The van der Waals surface area contributed by atoms with Gasteiger partial charge in [-0.2, -0.15) is 0 Å². The molecule has 144 valence electrons. The van der Waals surface area contributed by atoms with Crippen LogP contribution in [0.2, 0.25) is 0 Å². The van der Waals surface area contributed by atoms with Crippen molar-refractivity contribution in [2.75, 3.05) is 23.9 Å². The molecule has 0 radical (unpaired) electrons. The molecular formula is C25H29N3. The fourth-order valence-electron chi connectivity index (χ4n) is 4.25. The molecule has 0 saturated carbocycles. The van der Waals surface area contributed by atoms with Gasteiger partial charge >= 0.3 is 0 Å². The molecule has 3 aromatic rings. The van der Waals surface area contributed by atoms with Crippen LogP contribution in [-0.4, -0.2) is 20.1 Å². The molecule has 1 atom stereocenters. The molecule has 0 amide bonds. The lowest BCUT2D eigenvalue weighted by Crippen LogP contribution is -2.39. The minimum absolute atomic E-state index is 0.468. The van der Waals surface area contributed by atoms with Gasteiger partial charge in [-0.25, -0.2) is 0 Å². The summed E-state index contributed by atoms with van der Waals surface area (Å²) in [5.74, 6) is 1.03. The first kappa shape index (κ1) is 18.5. The summed E-state index contributed by atoms with van der Waals surface area (Å²) in [6, 6.07) is 19.6. The summed E-state index contributed by atoms with van der Waals surface area (Å²) < 4.78 is 0. The normalized spacial score (nSPS) is 13.6. The maximum Gasteiger partial charge on any atom is 0.202 e. The second kappa shape index (κ2) is 7.31. The fourth-order valence-corrected chi connectivity index (χ4v) is 4.25. The van der Waals surface area contributed by atoms with Gasteiger partial charge in [-0.3, -0.25) is 5.41 Å². The molecular weight excluding hydrogens is 342 g/mol. The Hall–Kier alpha value is -2.81. The van der Waals surface area contributed by atoms with Crippen LogP contribution in [0, 0.1) is 5.41 Å². The van der Waals surface area contributed by atoms with E-state index >= 15 is 0 Å². The summed E-state index contributed by atoms with van der Waals surface area (Å²) in [6.07, 6.45) is 3.39. The predicted molar refractivity (Wildman–Crippen MR) is 121 cm³/mol. The van der Waals surface area contributed by atoms with Crippen molar-refractivity contribution in [2.45, 2.75) is 39.0 Å². The van der Waals surface area contributed by atoms with E-state index in [0.29, 0.717) is 11.9 Å². The van der Waals surface area contributed by atoms with E-state index in [2.05, 4.69) is 68.4 Å². The zero-order chi connectivity index (χ0) is 19.8. The molecule has 1 unspecified atom stereocenters. The van der Waals surface area contributed by atoms with Gasteiger partial charge in [0.15, 0.2) is 0 Å². The standard InChI is InChI=1S/C25H29N3/c1-5-17(2)18-11-14-21(15-12-18)27(3)25(26)28(4)23-16-13-20-10-9-19-7-6-8-22(23)24(19)20/h6-8,11-17,26H,5,9-10H2,1-4H3. The predicted octanol–water partition coefficient (Wildman–Crippen LogP) is 5.96. The first-order chi connectivity index (χ1) is 13.5. The second-order valence-corrected chi connectivity index (χ2v) is 7.93. The van der Waals surface area contributed by atoms with Crippen LogP contribution in [0.1, 0.15) is 42.9 Å². The molecule has 0 spiro atoms. The summed E-state index contributed by atoms with van der Waals surface area (Å²) in [6.45, 7) is 4.47. The average Bonchev–Trinajstić information content (AvgIpc) is 3.17. The number of rotatable bonds is 4. The topological polar surface area (TPSA) is 30.3 Å². The lowest BCUT2D eigenvalue weighted by molar-refractivity contribution is 0.733. The molecule has 4 rings (SSSR count). The molecule has 0 bridgehead atoms. The van der Waals surface area contributed by atoms with Crippen molar-refractivity contribution in [3.8, 4) is 0 Å². The highest BCUT2D eigenvalue weighted by Crippen LogP contribution is 2.36. The second-order valence-electron chi connectivity index (χ2n) is 7.93. The molecule has 0 saturated heterocycles. The van der Waals surface area contributed by atoms with Crippen LogP contribution in [0.4, 0.5) is 11.4 Å². The van der Waals surface area contributed by atoms with Crippen LogP contribution < -0.4 is 9.80 Å². The van der Waals surface area contributed by atoms with Gasteiger partial charge in [-0.05, 0) is 65.5 Å². The Bertz CT molecular complexity index is 1010. The van der Waals surface area contributed by atoms with Crippen molar-refractivity contribution in [1.82, 2.24) is 0 Å². The average molecular weight is 372 g/mol. The summed E-state index contributed by atoms with van der Waals surface area (Å²) in [5.41, 5.74) is 6.35. The van der Waals surface area contributed by atoms with Gasteiger partial charge in [0.2, 0.25) is 5.96 Å². The molecule has 3 heteroatoms. The third kappa shape index (κ3) is 3.05. The van der Waals surface area contributed by atoms with Gasteiger partial charge in [-0.1, -0.05) is 50.2 Å². The van der Waals surface area contributed by atoms with Gasteiger partial charge in [-0.15, -0.1) is 0 Å². The molecule has 1 aliphatic rings. The molecule has 1 N–H and O–H groups in total. The van der Waals surface area contributed by atoms with Gasteiger partial charge in [0.25, 0.3) is 0 Å². The number of aryl methyl sites for hydroxylation is 2. The lowest BCUT2D eigenvalue weighted by Gasteiger charge is -2.29. The molecule has 3 nitrogen and oxygen atoms in total. The maximum absolute atomic E-state index is 8.80. The number of anilines is 2. The monoisotopic (exact) mass is 371 g/mol. The first-order valence-electron chi connectivity index (χ1n) is 10.2. The van der Waals surface area contributed by atoms with Crippen molar-refractivity contribution in [1.29, 1.82) is 5.41 Å². The van der Waals surface area contributed by atoms with E-state index in [0.717, 1.165) is 30.6 Å². The van der Waals surface area contributed by atoms with Crippen molar-refractivity contribution < 1.29 is 0 Å². The Kier molecular flexibility index (Phi) is 4.84. The Morgan fingerprint density at radius 3 is 2.29 bits per heavy atom. The van der Waals surface area contributed by atoms with Crippen LogP contribution >= 0.6 is 0 Å². The molecule has 0 aromatic heterocycles. The van der Waals surface area contributed by atoms with Gasteiger partial charge < -0.3 is 9.80 Å². The van der Waals surface area contributed by atoms with Crippen LogP contribution in [0.3, 0.4) is 0 Å². The van der Waals surface area contributed by atoms with E-state index in [4.69, 9.17) is 5.41 Å². The zero-order valence-corrected chi connectivity index (χ0v) is 17.3. The molecule has 0 fully saturated rings. The summed E-state index contributed by atoms with van der Waals surface area (Å²) in [5, 5.41) is 11.4. The quantitative estimate of drug-likeness (QED) is 0.453. The minimum atomic E-state index is 0.468. The summed E-state index contributed by atoms with van der Waals surface area (Å²) in [7, 11) is 3.96. The van der Waals surface area contributed by atoms with Crippen molar-refractivity contribution in [3.05, 3.63) is 71.3 Å². The van der Waals surface area contributed by atoms with Crippen molar-refractivity contribution in [2.24, 2.45) is 0 Å². The van der Waals surface area contributed by atoms with Crippen LogP contribution in [0.15, 0.2) is 54.6 Å². The number of nitrogens with zero attached hydrogens (tertiary/aromatic N) is 2. The highest BCUT2D eigenvalue weighted by atomic mass is 15.3. The van der Waals surface area contributed by atoms with Crippen molar-refractivity contribution in [3.63, 3.8) is 0 Å². The highest BCUT2D eigenvalue weighted by molar-refractivity contribution is 6.10. The smallest absolute Gasteiger partial charge is 0.202 e. The number of benzene rings is 3. The fraction of sp³-hybridized carbons (Fsp3) is 0.320. The summed E-state index contributed by atoms with van der Waals surface area (Å²) in [4.78, 5) is 3.94. The molecule has 3 aromatic carbocycles. The van der Waals surface area contributed by atoms with E-state index in [9.17, 15) is 0 Å².